The van der Waals surface area contributed by atoms with Gasteiger partial charge in [0.1, 0.15) is 11.6 Å². The van der Waals surface area contributed by atoms with Crippen LogP contribution in [0, 0.1) is 0 Å². The van der Waals surface area contributed by atoms with Crippen LogP contribution in [0.1, 0.15) is 25.3 Å². The van der Waals surface area contributed by atoms with Crippen LogP contribution in [-0.4, -0.2) is 10.2 Å². The quantitative estimate of drug-likeness (QED) is 0.938. The number of benzene rings is 1. The van der Waals surface area contributed by atoms with Gasteiger partial charge in [0.2, 0.25) is 5.88 Å². The standard InChI is InChI=1S/C13H14BrN3O/c1-8(2)10-7-9(14)3-4-11(10)18-13-6-5-12(15)16-17-13/h3-8H,1-2H3,(H2,15,16). The number of rotatable bonds is 3. The third-order valence-corrected chi connectivity index (χ3v) is 2.96. The van der Waals surface area contributed by atoms with Crippen LogP contribution in [0.25, 0.3) is 0 Å². The van der Waals surface area contributed by atoms with Crippen molar-refractivity contribution in [2.45, 2.75) is 19.8 Å². The maximum atomic E-state index is 5.73. The van der Waals surface area contributed by atoms with Crippen molar-refractivity contribution in [2.75, 3.05) is 5.73 Å². The number of nitrogens with zero attached hydrogens (tertiary/aromatic N) is 2. The number of halogens is 1. The van der Waals surface area contributed by atoms with E-state index in [9.17, 15) is 0 Å². The number of hydrogen-bond donors (Lipinski definition) is 1. The van der Waals surface area contributed by atoms with Gasteiger partial charge in [0.05, 0.1) is 0 Å². The summed E-state index contributed by atoms with van der Waals surface area (Å²) in [4.78, 5) is 0. The number of aromatic nitrogens is 2. The molecule has 0 saturated heterocycles. The van der Waals surface area contributed by atoms with E-state index in [1.165, 1.54) is 0 Å². The largest absolute Gasteiger partial charge is 0.437 e. The average Bonchev–Trinajstić information content (AvgIpc) is 2.34. The van der Waals surface area contributed by atoms with E-state index in [0.29, 0.717) is 17.6 Å². The van der Waals surface area contributed by atoms with Crippen LogP contribution < -0.4 is 10.5 Å². The molecule has 0 aliphatic rings. The molecule has 0 bridgehead atoms. The Morgan fingerprint density at radius 2 is 1.94 bits per heavy atom. The molecule has 18 heavy (non-hydrogen) atoms. The predicted octanol–water partition coefficient (Wildman–Crippen LogP) is 3.74. The van der Waals surface area contributed by atoms with Crippen LogP contribution in [0.3, 0.4) is 0 Å². The van der Waals surface area contributed by atoms with Crippen LogP contribution in [0.15, 0.2) is 34.8 Å². The van der Waals surface area contributed by atoms with Crippen molar-refractivity contribution in [3.8, 4) is 11.6 Å². The fourth-order valence-corrected chi connectivity index (χ4v) is 1.94. The Balaban J connectivity index is 2.31. The molecule has 0 aliphatic carbocycles. The Hall–Kier alpha value is -1.62. The third kappa shape index (κ3) is 2.98. The molecule has 2 N–H and O–H groups in total. The van der Waals surface area contributed by atoms with Gasteiger partial charge in [-0.2, -0.15) is 0 Å². The summed E-state index contributed by atoms with van der Waals surface area (Å²) in [5, 5.41) is 7.65. The summed E-state index contributed by atoms with van der Waals surface area (Å²) in [6, 6.07) is 9.26. The minimum atomic E-state index is 0.360. The summed E-state index contributed by atoms with van der Waals surface area (Å²) >= 11 is 3.46. The summed E-state index contributed by atoms with van der Waals surface area (Å²) in [6.45, 7) is 4.23. The van der Waals surface area contributed by atoms with Gasteiger partial charge < -0.3 is 10.5 Å². The zero-order chi connectivity index (χ0) is 13.1. The SMILES string of the molecule is CC(C)c1cc(Br)ccc1Oc1ccc(N)nn1. The van der Waals surface area contributed by atoms with E-state index in [4.69, 9.17) is 10.5 Å². The van der Waals surface area contributed by atoms with Gasteiger partial charge in [0, 0.05) is 10.5 Å². The van der Waals surface area contributed by atoms with E-state index in [-0.39, 0.29) is 0 Å². The monoisotopic (exact) mass is 307 g/mol. The fraction of sp³-hybridized carbons (Fsp3) is 0.231. The molecule has 0 atom stereocenters. The van der Waals surface area contributed by atoms with Gasteiger partial charge in [-0.25, -0.2) is 0 Å². The van der Waals surface area contributed by atoms with Crippen LogP contribution in [-0.2, 0) is 0 Å². The van der Waals surface area contributed by atoms with Gasteiger partial charge in [-0.1, -0.05) is 29.8 Å². The molecule has 5 heteroatoms. The second kappa shape index (κ2) is 5.35. The molecule has 0 radical (unpaired) electrons. The normalized spacial score (nSPS) is 10.7. The smallest absolute Gasteiger partial charge is 0.239 e. The second-order valence-corrected chi connectivity index (χ2v) is 5.15. The van der Waals surface area contributed by atoms with E-state index in [2.05, 4.69) is 40.0 Å². The molecule has 0 spiro atoms. The Labute approximate surface area is 114 Å². The van der Waals surface area contributed by atoms with Crippen molar-refractivity contribution < 1.29 is 4.74 Å². The van der Waals surface area contributed by atoms with Crippen LogP contribution in [0.5, 0.6) is 11.6 Å². The van der Waals surface area contributed by atoms with Crippen LogP contribution in [0.4, 0.5) is 5.82 Å². The van der Waals surface area contributed by atoms with Crippen molar-refractivity contribution in [3.05, 3.63) is 40.4 Å². The molecular formula is C13H14BrN3O. The zero-order valence-electron chi connectivity index (χ0n) is 10.2. The van der Waals surface area contributed by atoms with Gasteiger partial charge in [-0.3, -0.25) is 0 Å². The predicted molar refractivity (Wildman–Crippen MR) is 74.7 cm³/mol. The number of ether oxygens (including phenoxy) is 1. The van der Waals surface area contributed by atoms with Crippen molar-refractivity contribution >= 4 is 21.7 Å². The molecule has 1 aromatic carbocycles. The summed E-state index contributed by atoms with van der Waals surface area (Å²) in [7, 11) is 0. The molecule has 2 aromatic rings. The molecule has 1 heterocycles. The van der Waals surface area contributed by atoms with Gasteiger partial charge in [-0.15, -0.1) is 10.2 Å². The highest BCUT2D eigenvalue weighted by Crippen LogP contribution is 2.32. The van der Waals surface area contributed by atoms with Crippen molar-refractivity contribution in [3.63, 3.8) is 0 Å². The zero-order valence-corrected chi connectivity index (χ0v) is 11.8. The van der Waals surface area contributed by atoms with Crippen molar-refractivity contribution in [1.29, 1.82) is 0 Å². The highest BCUT2D eigenvalue weighted by atomic mass is 79.9. The summed E-state index contributed by atoms with van der Waals surface area (Å²) in [5.74, 6) is 1.96. The lowest BCUT2D eigenvalue weighted by Crippen LogP contribution is -1.98. The van der Waals surface area contributed by atoms with Crippen LogP contribution >= 0.6 is 15.9 Å². The minimum absolute atomic E-state index is 0.360. The molecule has 2 rings (SSSR count). The van der Waals surface area contributed by atoms with E-state index in [0.717, 1.165) is 15.8 Å². The number of anilines is 1. The first-order chi connectivity index (χ1) is 8.56. The first-order valence-electron chi connectivity index (χ1n) is 5.63. The maximum absolute atomic E-state index is 5.73. The molecule has 0 amide bonds. The van der Waals surface area contributed by atoms with Gasteiger partial charge in [0.15, 0.2) is 0 Å². The number of nitrogen functional groups attached to an aromatic ring is 1. The van der Waals surface area contributed by atoms with Gasteiger partial charge in [-0.05, 0) is 35.7 Å². The lowest BCUT2D eigenvalue weighted by molar-refractivity contribution is 0.447. The van der Waals surface area contributed by atoms with E-state index in [1.54, 1.807) is 12.1 Å². The summed E-state index contributed by atoms with van der Waals surface area (Å²) in [5.41, 5.74) is 6.60. The molecule has 4 nitrogen and oxygen atoms in total. The second-order valence-electron chi connectivity index (χ2n) is 4.24. The lowest BCUT2D eigenvalue weighted by Gasteiger charge is -2.13. The first kappa shape index (κ1) is 12.8. The molecule has 0 aliphatic heterocycles. The maximum Gasteiger partial charge on any atom is 0.239 e. The average molecular weight is 308 g/mol. The Morgan fingerprint density at radius 3 is 2.56 bits per heavy atom. The van der Waals surface area contributed by atoms with E-state index < -0.39 is 0 Å². The lowest BCUT2D eigenvalue weighted by atomic mass is 10.0. The first-order valence-corrected chi connectivity index (χ1v) is 6.42. The number of hydrogen-bond acceptors (Lipinski definition) is 4. The highest BCUT2D eigenvalue weighted by Gasteiger charge is 2.10. The molecule has 1 aromatic heterocycles. The minimum Gasteiger partial charge on any atom is -0.437 e. The molecule has 0 unspecified atom stereocenters. The van der Waals surface area contributed by atoms with E-state index >= 15 is 0 Å². The van der Waals surface area contributed by atoms with Crippen LogP contribution in [0.2, 0.25) is 0 Å². The Morgan fingerprint density at radius 1 is 1.17 bits per heavy atom. The summed E-state index contributed by atoms with van der Waals surface area (Å²) in [6.07, 6.45) is 0. The molecule has 0 saturated carbocycles. The van der Waals surface area contributed by atoms with Gasteiger partial charge in [0.25, 0.3) is 0 Å². The Kier molecular flexibility index (Phi) is 3.81. The molecular weight excluding hydrogens is 294 g/mol. The third-order valence-electron chi connectivity index (χ3n) is 2.47. The molecule has 0 fully saturated rings. The highest BCUT2D eigenvalue weighted by molar-refractivity contribution is 9.10. The summed E-state index contributed by atoms with van der Waals surface area (Å²) < 4.78 is 6.76. The van der Waals surface area contributed by atoms with Crippen molar-refractivity contribution in [1.82, 2.24) is 10.2 Å². The fourth-order valence-electron chi connectivity index (χ4n) is 1.56. The topological polar surface area (TPSA) is 61.0 Å². The molecule has 94 valence electrons. The Bertz CT molecular complexity index is 540. The van der Waals surface area contributed by atoms with Gasteiger partial charge >= 0.3 is 0 Å². The number of nitrogens with two attached hydrogens (primary N) is 1. The van der Waals surface area contributed by atoms with Crippen molar-refractivity contribution in [2.24, 2.45) is 0 Å². The van der Waals surface area contributed by atoms with E-state index in [1.807, 2.05) is 18.2 Å².